The zero-order chi connectivity index (χ0) is 10.4. The molecule has 78 valence electrons. The van der Waals surface area contributed by atoms with E-state index in [4.69, 9.17) is 0 Å². The first-order valence-corrected chi connectivity index (χ1v) is 4.52. The topological polar surface area (TPSA) is 71.8 Å². The molecule has 0 saturated heterocycles. The summed E-state index contributed by atoms with van der Waals surface area (Å²) < 4.78 is 1.52. The molecule has 1 unspecified atom stereocenters. The Morgan fingerprint density at radius 1 is 1.57 bits per heavy atom. The number of likely N-dealkylation sites (N-methyl/N-ethyl adjacent to an activating group) is 1. The van der Waals surface area contributed by atoms with E-state index in [1.165, 1.54) is 17.3 Å². The molecule has 0 saturated carbocycles. The predicted molar refractivity (Wildman–Crippen MR) is 51.7 cm³/mol. The number of carbonyl (C=O) groups is 1. The fourth-order valence-corrected chi connectivity index (χ4v) is 0.996. The number of carbonyl (C=O) groups excluding carboxylic acids is 1. The van der Waals surface area contributed by atoms with Crippen molar-refractivity contribution >= 4 is 5.91 Å². The maximum atomic E-state index is 11.5. The molecule has 1 heterocycles. The van der Waals surface area contributed by atoms with Crippen molar-refractivity contribution in [3.05, 3.63) is 12.7 Å². The number of hydrogen-bond donors (Lipinski definition) is 2. The predicted octanol–water partition coefficient (Wildman–Crippen LogP) is -0.825. The third kappa shape index (κ3) is 2.81. The number of nitrogens with one attached hydrogen (secondary N) is 2. The number of rotatable bonds is 5. The van der Waals surface area contributed by atoms with Crippen LogP contribution in [-0.2, 0) is 4.79 Å². The van der Waals surface area contributed by atoms with Crippen LogP contribution in [0.4, 0.5) is 0 Å². The van der Waals surface area contributed by atoms with Crippen molar-refractivity contribution in [2.24, 2.45) is 0 Å². The summed E-state index contributed by atoms with van der Waals surface area (Å²) in [5, 5.41) is 9.62. The first-order valence-electron chi connectivity index (χ1n) is 4.52. The van der Waals surface area contributed by atoms with E-state index in [0.29, 0.717) is 6.54 Å². The minimum absolute atomic E-state index is 0.0502. The lowest BCUT2D eigenvalue weighted by molar-refractivity contribution is -0.124. The lowest BCUT2D eigenvalue weighted by Crippen LogP contribution is -2.35. The van der Waals surface area contributed by atoms with E-state index >= 15 is 0 Å². The van der Waals surface area contributed by atoms with Gasteiger partial charge in [-0.3, -0.25) is 4.79 Å². The van der Waals surface area contributed by atoms with Crippen LogP contribution in [0.2, 0.25) is 0 Å². The molecular weight excluding hydrogens is 182 g/mol. The molecule has 1 aromatic heterocycles. The Hall–Kier alpha value is -1.43. The Bertz CT molecular complexity index is 271. The molecule has 0 bridgehead atoms. The zero-order valence-corrected chi connectivity index (χ0v) is 8.40. The standard InChI is InChI=1S/C8H15N5O/c1-7(13-6-10-5-12-13)8(14)11-4-3-9-2/h5-7,9H,3-4H2,1-2H3,(H,11,14). The summed E-state index contributed by atoms with van der Waals surface area (Å²) in [4.78, 5) is 15.3. The van der Waals surface area contributed by atoms with Gasteiger partial charge in [0.25, 0.3) is 0 Å². The molecule has 1 rings (SSSR count). The molecule has 0 aliphatic rings. The van der Waals surface area contributed by atoms with Gasteiger partial charge in [0.2, 0.25) is 5.91 Å². The smallest absolute Gasteiger partial charge is 0.244 e. The highest BCUT2D eigenvalue weighted by Gasteiger charge is 2.13. The third-order valence-corrected chi connectivity index (χ3v) is 1.89. The summed E-state index contributed by atoms with van der Waals surface area (Å²) in [6.45, 7) is 3.16. The summed E-state index contributed by atoms with van der Waals surface area (Å²) >= 11 is 0. The van der Waals surface area contributed by atoms with Crippen LogP contribution in [0.3, 0.4) is 0 Å². The number of aromatic nitrogens is 3. The maximum absolute atomic E-state index is 11.5. The van der Waals surface area contributed by atoms with Gasteiger partial charge in [-0.15, -0.1) is 0 Å². The van der Waals surface area contributed by atoms with Gasteiger partial charge in [-0.05, 0) is 14.0 Å². The zero-order valence-electron chi connectivity index (χ0n) is 8.40. The van der Waals surface area contributed by atoms with Crippen LogP contribution < -0.4 is 10.6 Å². The van der Waals surface area contributed by atoms with Crippen molar-refractivity contribution < 1.29 is 4.79 Å². The first-order chi connectivity index (χ1) is 6.75. The second kappa shape index (κ2) is 5.33. The van der Waals surface area contributed by atoms with Gasteiger partial charge >= 0.3 is 0 Å². The van der Waals surface area contributed by atoms with Crippen molar-refractivity contribution in [3.63, 3.8) is 0 Å². The van der Waals surface area contributed by atoms with E-state index in [-0.39, 0.29) is 11.9 Å². The van der Waals surface area contributed by atoms with E-state index in [2.05, 4.69) is 20.7 Å². The number of nitrogens with zero attached hydrogens (tertiary/aromatic N) is 3. The van der Waals surface area contributed by atoms with Crippen molar-refractivity contribution in [1.82, 2.24) is 25.4 Å². The lowest BCUT2D eigenvalue weighted by Gasteiger charge is -2.11. The highest BCUT2D eigenvalue weighted by atomic mass is 16.2. The summed E-state index contributed by atoms with van der Waals surface area (Å²) in [5.74, 6) is -0.0502. The van der Waals surface area contributed by atoms with E-state index in [1.807, 2.05) is 7.05 Å². The molecule has 0 aliphatic carbocycles. The number of hydrogen-bond acceptors (Lipinski definition) is 4. The average Bonchev–Trinajstić information content (AvgIpc) is 2.69. The van der Waals surface area contributed by atoms with Gasteiger partial charge in [0.1, 0.15) is 18.7 Å². The second-order valence-corrected chi connectivity index (χ2v) is 2.95. The Kier molecular flexibility index (Phi) is 4.06. The molecule has 6 heteroatoms. The first kappa shape index (κ1) is 10.6. The maximum Gasteiger partial charge on any atom is 0.244 e. The molecule has 1 aromatic rings. The van der Waals surface area contributed by atoms with Crippen molar-refractivity contribution in [2.75, 3.05) is 20.1 Å². The molecular formula is C8H15N5O. The van der Waals surface area contributed by atoms with E-state index in [9.17, 15) is 4.79 Å². The van der Waals surface area contributed by atoms with Crippen molar-refractivity contribution in [3.8, 4) is 0 Å². The minimum atomic E-state index is -0.311. The highest BCUT2D eigenvalue weighted by molar-refractivity contribution is 5.79. The fraction of sp³-hybridized carbons (Fsp3) is 0.625. The molecule has 0 fully saturated rings. The van der Waals surface area contributed by atoms with Gasteiger partial charge in [-0.2, -0.15) is 5.10 Å². The Morgan fingerprint density at radius 3 is 2.93 bits per heavy atom. The average molecular weight is 197 g/mol. The third-order valence-electron chi connectivity index (χ3n) is 1.89. The Morgan fingerprint density at radius 2 is 2.36 bits per heavy atom. The van der Waals surface area contributed by atoms with Gasteiger partial charge in [0.05, 0.1) is 0 Å². The quantitative estimate of drug-likeness (QED) is 0.605. The molecule has 1 atom stereocenters. The van der Waals surface area contributed by atoms with Crippen LogP contribution in [-0.4, -0.2) is 40.8 Å². The summed E-state index contributed by atoms with van der Waals surface area (Å²) in [7, 11) is 1.84. The molecule has 1 amide bonds. The van der Waals surface area contributed by atoms with Crippen LogP contribution in [0.25, 0.3) is 0 Å². The second-order valence-electron chi connectivity index (χ2n) is 2.95. The van der Waals surface area contributed by atoms with Gasteiger partial charge < -0.3 is 10.6 Å². The SMILES string of the molecule is CNCCNC(=O)C(C)n1cncn1. The molecule has 6 nitrogen and oxygen atoms in total. The molecule has 0 spiro atoms. The van der Waals surface area contributed by atoms with Gasteiger partial charge in [-0.25, -0.2) is 9.67 Å². The van der Waals surface area contributed by atoms with Crippen molar-refractivity contribution in [2.45, 2.75) is 13.0 Å². The fourth-order valence-electron chi connectivity index (χ4n) is 0.996. The van der Waals surface area contributed by atoms with E-state index in [0.717, 1.165) is 6.54 Å². The molecule has 14 heavy (non-hydrogen) atoms. The van der Waals surface area contributed by atoms with Gasteiger partial charge in [0, 0.05) is 13.1 Å². The van der Waals surface area contributed by atoms with Crippen LogP contribution in [0.15, 0.2) is 12.7 Å². The highest BCUT2D eigenvalue weighted by Crippen LogP contribution is 2.00. The molecule has 0 radical (unpaired) electrons. The largest absolute Gasteiger partial charge is 0.353 e. The lowest BCUT2D eigenvalue weighted by atomic mass is 10.3. The Balaban J connectivity index is 2.37. The minimum Gasteiger partial charge on any atom is -0.353 e. The molecule has 0 aliphatic heterocycles. The molecule has 2 N–H and O–H groups in total. The van der Waals surface area contributed by atoms with Crippen LogP contribution in [0, 0.1) is 0 Å². The van der Waals surface area contributed by atoms with Gasteiger partial charge in [0.15, 0.2) is 0 Å². The summed E-state index contributed by atoms with van der Waals surface area (Å²) in [5.41, 5.74) is 0. The van der Waals surface area contributed by atoms with Crippen LogP contribution in [0.5, 0.6) is 0 Å². The van der Waals surface area contributed by atoms with E-state index in [1.54, 1.807) is 6.92 Å². The van der Waals surface area contributed by atoms with Crippen molar-refractivity contribution in [1.29, 1.82) is 0 Å². The number of amides is 1. The normalized spacial score (nSPS) is 12.4. The molecule has 0 aromatic carbocycles. The van der Waals surface area contributed by atoms with Gasteiger partial charge in [-0.1, -0.05) is 0 Å². The monoisotopic (exact) mass is 197 g/mol. The Labute approximate surface area is 82.7 Å². The van der Waals surface area contributed by atoms with E-state index < -0.39 is 0 Å². The summed E-state index contributed by atoms with van der Waals surface area (Å²) in [6.07, 6.45) is 2.94. The van der Waals surface area contributed by atoms with Crippen LogP contribution in [0.1, 0.15) is 13.0 Å². The van der Waals surface area contributed by atoms with Crippen LogP contribution >= 0.6 is 0 Å². The summed E-state index contributed by atoms with van der Waals surface area (Å²) in [6, 6.07) is -0.311.